The molecule has 1 aliphatic rings. The van der Waals surface area contributed by atoms with E-state index in [2.05, 4.69) is 15.4 Å². The zero-order chi connectivity index (χ0) is 14.1. The van der Waals surface area contributed by atoms with E-state index in [0.717, 1.165) is 25.7 Å². The Balaban J connectivity index is 2.10. The van der Waals surface area contributed by atoms with Crippen molar-refractivity contribution in [1.29, 1.82) is 0 Å². The van der Waals surface area contributed by atoms with Crippen LogP contribution in [0.5, 0.6) is 5.75 Å². The van der Waals surface area contributed by atoms with E-state index >= 15 is 0 Å². The van der Waals surface area contributed by atoms with Gasteiger partial charge in [-0.3, -0.25) is 4.57 Å². The molecule has 0 amide bonds. The fourth-order valence-electron chi connectivity index (χ4n) is 2.76. The Bertz CT molecular complexity index is 698. The highest BCUT2D eigenvalue weighted by Crippen LogP contribution is 2.35. The van der Waals surface area contributed by atoms with Gasteiger partial charge >= 0.3 is 5.69 Å². The Morgan fingerprint density at radius 1 is 1.35 bits per heavy atom. The topological polar surface area (TPSA) is 100 Å². The number of phenols is 1. The number of rotatable bonds is 3. The van der Waals surface area contributed by atoms with Crippen LogP contribution >= 0.6 is 0 Å². The van der Waals surface area contributed by atoms with Gasteiger partial charge in [0.15, 0.2) is 5.82 Å². The summed E-state index contributed by atoms with van der Waals surface area (Å²) >= 11 is 0. The molecule has 1 aromatic heterocycles. The van der Waals surface area contributed by atoms with E-state index in [9.17, 15) is 14.8 Å². The third-order valence-corrected chi connectivity index (χ3v) is 3.72. The second-order valence-electron chi connectivity index (χ2n) is 4.95. The number of benzene rings is 1. The molecular weight excluding hydrogens is 260 g/mol. The molecule has 104 valence electrons. The summed E-state index contributed by atoms with van der Waals surface area (Å²) in [5.74, 6) is 0.289. The number of nitrogens with zero attached hydrogens (tertiary/aromatic N) is 3. The minimum atomic E-state index is -0.274. The number of aromatic nitrogens is 3. The fraction of sp³-hybridized carbons (Fsp3) is 0.385. The standard InChI is InChI=1S/C13H14N4O3/c18-11-7-8(16-20)5-6-10(11)12-14-15-13(19)17(12)9-3-1-2-4-9/h5-7,9,18H,1-4H2,(H,15,19). The molecule has 3 rings (SSSR count). The smallest absolute Gasteiger partial charge is 0.343 e. The van der Waals surface area contributed by atoms with Gasteiger partial charge in [-0.05, 0) is 30.2 Å². The minimum absolute atomic E-state index is 0.111. The van der Waals surface area contributed by atoms with E-state index < -0.39 is 0 Å². The molecule has 1 heterocycles. The number of aromatic hydroxyl groups is 1. The highest BCUT2D eigenvalue weighted by molar-refractivity contribution is 5.67. The first kappa shape index (κ1) is 12.6. The first-order valence-corrected chi connectivity index (χ1v) is 6.54. The van der Waals surface area contributed by atoms with Crippen LogP contribution in [-0.4, -0.2) is 19.9 Å². The number of aromatic amines is 1. The minimum Gasteiger partial charge on any atom is -0.507 e. The molecule has 0 aliphatic heterocycles. The van der Waals surface area contributed by atoms with Crippen LogP contribution in [0.3, 0.4) is 0 Å². The largest absolute Gasteiger partial charge is 0.507 e. The lowest BCUT2D eigenvalue weighted by molar-refractivity contribution is 0.473. The van der Waals surface area contributed by atoms with Crippen molar-refractivity contribution in [2.24, 2.45) is 5.18 Å². The summed E-state index contributed by atoms with van der Waals surface area (Å²) in [4.78, 5) is 22.4. The maximum atomic E-state index is 11.9. The lowest BCUT2D eigenvalue weighted by Crippen LogP contribution is -2.21. The van der Waals surface area contributed by atoms with E-state index in [1.807, 2.05) is 0 Å². The Morgan fingerprint density at radius 3 is 2.75 bits per heavy atom. The molecule has 0 atom stereocenters. The molecular formula is C13H14N4O3. The van der Waals surface area contributed by atoms with Crippen molar-refractivity contribution < 1.29 is 5.11 Å². The summed E-state index contributed by atoms with van der Waals surface area (Å²) in [6.45, 7) is 0. The van der Waals surface area contributed by atoms with Gasteiger partial charge in [0.2, 0.25) is 0 Å². The average molecular weight is 274 g/mol. The van der Waals surface area contributed by atoms with Crippen LogP contribution in [0.25, 0.3) is 11.4 Å². The van der Waals surface area contributed by atoms with Gasteiger partial charge in [-0.2, -0.15) is 5.10 Å². The van der Waals surface area contributed by atoms with E-state index in [1.54, 1.807) is 10.6 Å². The van der Waals surface area contributed by atoms with E-state index in [-0.39, 0.29) is 23.2 Å². The first-order chi connectivity index (χ1) is 9.70. The summed E-state index contributed by atoms with van der Waals surface area (Å²) in [6, 6.07) is 4.41. The SMILES string of the molecule is O=Nc1ccc(-c2n[nH]c(=O)n2C2CCCC2)c(O)c1. The predicted octanol–water partition coefficient (Wildman–Crippen LogP) is 2.46. The van der Waals surface area contributed by atoms with Crippen LogP contribution in [-0.2, 0) is 0 Å². The maximum absolute atomic E-state index is 11.9. The Labute approximate surface area is 114 Å². The van der Waals surface area contributed by atoms with Crippen molar-refractivity contribution in [3.05, 3.63) is 33.6 Å². The number of nitroso groups, excluding NO2 is 1. The van der Waals surface area contributed by atoms with Crippen molar-refractivity contribution in [1.82, 2.24) is 14.8 Å². The number of nitrogens with one attached hydrogen (secondary N) is 1. The number of hydrogen-bond acceptors (Lipinski definition) is 5. The average Bonchev–Trinajstić information content (AvgIpc) is 3.07. The number of hydrogen-bond donors (Lipinski definition) is 2. The van der Waals surface area contributed by atoms with E-state index in [4.69, 9.17) is 0 Å². The van der Waals surface area contributed by atoms with Gasteiger partial charge in [0, 0.05) is 12.1 Å². The molecule has 0 spiro atoms. The summed E-state index contributed by atoms with van der Waals surface area (Å²) in [5, 5.41) is 19.2. The quantitative estimate of drug-likeness (QED) is 0.839. The van der Waals surface area contributed by atoms with Crippen LogP contribution in [0.1, 0.15) is 31.7 Å². The molecule has 2 aromatic rings. The molecule has 7 heteroatoms. The highest BCUT2D eigenvalue weighted by atomic mass is 16.3. The van der Waals surface area contributed by atoms with Gasteiger partial charge in [-0.15, -0.1) is 4.91 Å². The van der Waals surface area contributed by atoms with Crippen molar-refractivity contribution in [3.63, 3.8) is 0 Å². The predicted molar refractivity (Wildman–Crippen MR) is 72.9 cm³/mol. The Hall–Kier alpha value is -2.44. The molecule has 0 saturated heterocycles. The summed E-state index contributed by atoms with van der Waals surface area (Å²) in [6.07, 6.45) is 4.03. The molecule has 1 aliphatic carbocycles. The molecule has 7 nitrogen and oxygen atoms in total. The van der Waals surface area contributed by atoms with Gasteiger partial charge < -0.3 is 5.11 Å². The van der Waals surface area contributed by atoms with Crippen LogP contribution in [0.2, 0.25) is 0 Å². The van der Waals surface area contributed by atoms with Crippen LogP contribution in [0.15, 0.2) is 28.2 Å². The zero-order valence-electron chi connectivity index (χ0n) is 10.7. The van der Waals surface area contributed by atoms with E-state index in [0.29, 0.717) is 11.4 Å². The van der Waals surface area contributed by atoms with Crippen molar-refractivity contribution in [3.8, 4) is 17.1 Å². The fourth-order valence-corrected chi connectivity index (χ4v) is 2.76. The van der Waals surface area contributed by atoms with Crippen molar-refractivity contribution in [2.45, 2.75) is 31.7 Å². The van der Waals surface area contributed by atoms with Gasteiger partial charge in [-0.1, -0.05) is 12.8 Å². The van der Waals surface area contributed by atoms with Crippen molar-refractivity contribution in [2.75, 3.05) is 0 Å². The highest BCUT2D eigenvalue weighted by Gasteiger charge is 2.24. The van der Waals surface area contributed by atoms with Gasteiger partial charge in [0.25, 0.3) is 0 Å². The molecule has 0 unspecified atom stereocenters. The number of H-pyrrole nitrogens is 1. The summed E-state index contributed by atoms with van der Waals surface area (Å²) < 4.78 is 1.59. The van der Waals surface area contributed by atoms with E-state index in [1.165, 1.54) is 12.1 Å². The lowest BCUT2D eigenvalue weighted by atomic mass is 10.1. The third-order valence-electron chi connectivity index (χ3n) is 3.72. The Morgan fingerprint density at radius 2 is 2.10 bits per heavy atom. The summed E-state index contributed by atoms with van der Waals surface area (Å²) in [5.41, 5.74) is 0.281. The van der Waals surface area contributed by atoms with Gasteiger partial charge in [0.1, 0.15) is 11.4 Å². The van der Waals surface area contributed by atoms with Crippen molar-refractivity contribution >= 4 is 5.69 Å². The monoisotopic (exact) mass is 274 g/mol. The first-order valence-electron chi connectivity index (χ1n) is 6.54. The van der Waals surface area contributed by atoms with Crippen LogP contribution in [0, 0.1) is 4.91 Å². The van der Waals surface area contributed by atoms with Crippen LogP contribution in [0.4, 0.5) is 5.69 Å². The lowest BCUT2D eigenvalue weighted by Gasteiger charge is -2.13. The number of phenolic OH excluding ortho intramolecular Hbond substituents is 1. The molecule has 0 radical (unpaired) electrons. The molecule has 20 heavy (non-hydrogen) atoms. The second kappa shape index (κ2) is 4.92. The summed E-state index contributed by atoms with van der Waals surface area (Å²) in [7, 11) is 0. The maximum Gasteiger partial charge on any atom is 0.343 e. The molecule has 1 aromatic carbocycles. The second-order valence-corrected chi connectivity index (χ2v) is 4.95. The van der Waals surface area contributed by atoms with Gasteiger partial charge in [-0.25, -0.2) is 9.89 Å². The van der Waals surface area contributed by atoms with Crippen LogP contribution < -0.4 is 5.69 Å². The molecule has 2 N–H and O–H groups in total. The Kier molecular flexibility index (Phi) is 3.09. The third kappa shape index (κ3) is 2.01. The van der Waals surface area contributed by atoms with Gasteiger partial charge in [0.05, 0.1) is 5.56 Å². The zero-order valence-corrected chi connectivity index (χ0v) is 10.7. The normalized spacial score (nSPS) is 15.6. The molecule has 1 saturated carbocycles. The molecule has 1 fully saturated rings. The molecule has 0 bridgehead atoms.